The summed E-state index contributed by atoms with van der Waals surface area (Å²) in [6, 6.07) is 11.6. The predicted octanol–water partition coefficient (Wildman–Crippen LogP) is 1.20. The lowest BCUT2D eigenvalue weighted by Gasteiger charge is -2.16. The van der Waals surface area contributed by atoms with Crippen molar-refractivity contribution >= 4 is 17.7 Å². The molecule has 0 saturated carbocycles. The Morgan fingerprint density at radius 1 is 1.16 bits per heavy atom. The molecule has 1 amide bonds. The topological polar surface area (TPSA) is 102 Å². The van der Waals surface area contributed by atoms with E-state index in [1.54, 1.807) is 29.2 Å². The highest BCUT2D eigenvalue weighted by Crippen LogP contribution is 2.22. The zero-order chi connectivity index (χ0) is 17.2. The van der Waals surface area contributed by atoms with Gasteiger partial charge in [-0.2, -0.15) is 15.1 Å². The van der Waals surface area contributed by atoms with Crippen LogP contribution in [-0.2, 0) is 17.9 Å². The molecule has 25 heavy (non-hydrogen) atoms. The third-order valence-corrected chi connectivity index (χ3v) is 4.08. The van der Waals surface area contributed by atoms with Crippen molar-refractivity contribution in [1.82, 2.24) is 24.6 Å². The number of nitrogens with one attached hydrogen (secondary N) is 1. The summed E-state index contributed by atoms with van der Waals surface area (Å²) in [7, 11) is 0. The molecule has 2 aromatic heterocycles. The second-order valence-electron chi connectivity index (χ2n) is 5.79. The molecule has 0 atom stereocenters. The Morgan fingerprint density at radius 2 is 1.92 bits per heavy atom. The number of benzene rings is 1. The van der Waals surface area contributed by atoms with Gasteiger partial charge in [0.15, 0.2) is 5.82 Å². The number of amides is 1. The molecule has 0 spiro atoms. The predicted molar refractivity (Wildman–Crippen MR) is 92.8 cm³/mol. The maximum Gasteiger partial charge on any atom is 0.242 e. The SMILES string of the molecule is Nc1nc(NCC(=O)N2Cc3ccccc3C2)cc(-n2cccn2)n1. The molecule has 1 aliphatic rings. The van der Waals surface area contributed by atoms with Gasteiger partial charge in [-0.15, -0.1) is 0 Å². The highest BCUT2D eigenvalue weighted by Gasteiger charge is 2.22. The number of fused-ring (bicyclic) bond motifs is 1. The minimum atomic E-state index is 0.00835. The van der Waals surface area contributed by atoms with Crippen molar-refractivity contribution < 1.29 is 4.79 Å². The van der Waals surface area contributed by atoms with Gasteiger partial charge in [0.05, 0.1) is 6.54 Å². The summed E-state index contributed by atoms with van der Waals surface area (Å²) in [6.07, 6.45) is 3.41. The van der Waals surface area contributed by atoms with Crippen LogP contribution in [0, 0.1) is 0 Å². The molecule has 0 bridgehead atoms. The lowest BCUT2D eigenvalue weighted by molar-refractivity contribution is -0.129. The Morgan fingerprint density at radius 3 is 2.60 bits per heavy atom. The first-order valence-electron chi connectivity index (χ1n) is 7.92. The Hall–Kier alpha value is -3.42. The highest BCUT2D eigenvalue weighted by atomic mass is 16.2. The first kappa shape index (κ1) is 15.1. The van der Waals surface area contributed by atoms with Gasteiger partial charge < -0.3 is 16.0 Å². The molecule has 8 nitrogen and oxygen atoms in total. The number of anilines is 2. The average Bonchev–Trinajstić information content (AvgIpc) is 3.28. The third-order valence-electron chi connectivity index (χ3n) is 4.08. The minimum Gasteiger partial charge on any atom is -0.368 e. The summed E-state index contributed by atoms with van der Waals surface area (Å²) in [5.74, 6) is 1.16. The van der Waals surface area contributed by atoms with Crippen molar-refractivity contribution in [3.63, 3.8) is 0 Å². The molecule has 0 unspecified atom stereocenters. The van der Waals surface area contributed by atoms with E-state index in [1.807, 2.05) is 17.0 Å². The van der Waals surface area contributed by atoms with Crippen molar-refractivity contribution in [1.29, 1.82) is 0 Å². The van der Waals surface area contributed by atoms with Crippen LogP contribution in [0.4, 0.5) is 11.8 Å². The van der Waals surface area contributed by atoms with Gasteiger partial charge in [-0.3, -0.25) is 4.79 Å². The molecule has 1 aromatic carbocycles. The maximum atomic E-state index is 12.5. The number of carbonyl (C=O) groups is 1. The van der Waals surface area contributed by atoms with E-state index in [0.717, 1.165) is 0 Å². The smallest absolute Gasteiger partial charge is 0.242 e. The van der Waals surface area contributed by atoms with Crippen molar-refractivity contribution in [3.05, 3.63) is 59.9 Å². The quantitative estimate of drug-likeness (QED) is 0.743. The second kappa shape index (κ2) is 6.23. The van der Waals surface area contributed by atoms with Gasteiger partial charge in [-0.1, -0.05) is 24.3 Å². The molecule has 8 heteroatoms. The first-order chi connectivity index (χ1) is 12.2. The fourth-order valence-corrected chi connectivity index (χ4v) is 2.85. The summed E-state index contributed by atoms with van der Waals surface area (Å²) in [5.41, 5.74) is 8.15. The monoisotopic (exact) mass is 335 g/mol. The van der Waals surface area contributed by atoms with E-state index in [2.05, 4.69) is 32.5 Å². The van der Waals surface area contributed by atoms with Crippen LogP contribution < -0.4 is 11.1 Å². The van der Waals surface area contributed by atoms with Gasteiger partial charge in [0.2, 0.25) is 11.9 Å². The number of nitrogens with zero attached hydrogens (tertiary/aromatic N) is 5. The summed E-state index contributed by atoms with van der Waals surface area (Å²) in [6.45, 7) is 1.42. The van der Waals surface area contributed by atoms with Crippen LogP contribution >= 0.6 is 0 Å². The van der Waals surface area contributed by atoms with E-state index in [1.165, 1.54) is 11.1 Å². The number of nitrogens with two attached hydrogens (primary N) is 1. The van der Waals surface area contributed by atoms with Crippen LogP contribution in [0.3, 0.4) is 0 Å². The molecule has 126 valence electrons. The third kappa shape index (κ3) is 3.14. The Bertz CT molecular complexity index is 882. The van der Waals surface area contributed by atoms with Crippen LogP contribution in [-0.4, -0.2) is 37.1 Å². The van der Waals surface area contributed by atoms with Crippen LogP contribution in [0.1, 0.15) is 11.1 Å². The fourth-order valence-electron chi connectivity index (χ4n) is 2.85. The van der Waals surface area contributed by atoms with Crippen LogP contribution in [0.15, 0.2) is 48.8 Å². The number of carbonyl (C=O) groups excluding carboxylic acids is 1. The molecular weight excluding hydrogens is 318 g/mol. The van der Waals surface area contributed by atoms with Crippen LogP contribution in [0.25, 0.3) is 5.82 Å². The lowest BCUT2D eigenvalue weighted by atomic mass is 10.1. The van der Waals surface area contributed by atoms with E-state index in [4.69, 9.17) is 5.73 Å². The normalized spacial score (nSPS) is 12.9. The first-order valence-corrected chi connectivity index (χ1v) is 7.92. The number of nitrogen functional groups attached to an aromatic ring is 1. The average molecular weight is 335 g/mol. The van der Waals surface area contributed by atoms with Gasteiger partial charge in [0, 0.05) is 31.5 Å². The highest BCUT2D eigenvalue weighted by molar-refractivity contribution is 5.81. The van der Waals surface area contributed by atoms with Gasteiger partial charge in [-0.05, 0) is 17.2 Å². The van der Waals surface area contributed by atoms with E-state index in [9.17, 15) is 4.79 Å². The second-order valence-corrected chi connectivity index (χ2v) is 5.79. The standard InChI is InChI=1S/C17H17N7O/c18-17-21-14(8-15(22-17)24-7-3-6-20-24)19-9-16(25)23-10-12-4-1-2-5-13(12)11-23/h1-8H,9-11H2,(H3,18,19,21,22). The molecule has 0 fully saturated rings. The molecule has 1 aliphatic heterocycles. The van der Waals surface area contributed by atoms with Gasteiger partial charge in [0.1, 0.15) is 5.82 Å². The molecular formula is C17H17N7O. The summed E-state index contributed by atoms with van der Waals surface area (Å²) >= 11 is 0. The van der Waals surface area contributed by atoms with E-state index >= 15 is 0 Å². The Kier molecular flexibility index (Phi) is 3.77. The molecule has 0 saturated heterocycles. The van der Waals surface area contributed by atoms with Crippen molar-refractivity contribution in [2.75, 3.05) is 17.6 Å². The molecule has 3 N–H and O–H groups in total. The van der Waals surface area contributed by atoms with E-state index < -0.39 is 0 Å². The maximum absolute atomic E-state index is 12.5. The largest absolute Gasteiger partial charge is 0.368 e. The Labute approximate surface area is 144 Å². The zero-order valence-electron chi connectivity index (χ0n) is 13.5. The zero-order valence-corrected chi connectivity index (χ0v) is 13.5. The van der Waals surface area contributed by atoms with Gasteiger partial charge in [-0.25, -0.2) is 4.68 Å². The van der Waals surface area contributed by atoms with E-state index in [-0.39, 0.29) is 18.4 Å². The molecule has 3 heterocycles. The van der Waals surface area contributed by atoms with Crippen molar-refractivity contribution in [2.45, 2.75) is 13.1 Å². The minimum absolute atomic E-state index is 0.00835. The lowest BCUT2D eigenvalue weighted by Crippen LogP contribution is -2.31. The number of aromatic nitrogens is 4. The fraction of sp³-hybridized carbons (Fsp3) is 0.176. The summed E-state index contributed by atoms with van der Waals surface area (Å²) < 4.78 is 1.59. The number of hydrogen-bond acceptors (Lipinski definition) is 6. The molecule has 3 aromatic rings. The van der Waals surface area contributed by atoms with Crippen LogP contribution in [0.2, 0.25) is 0 Å². The summed E-state index contributed by atoms with van der Waals surface area (Å²) in [4.78, 5) is 22.5. The van der Waals surface area contributed by atoms with Crippen molar-refractivity contribution in [2.24, 2.45) is 0 Å². The molecule has 0 aliphatic carbocycles. The summed E-state index contributed by atoms with van der Waals surface area (Å²) in [5, 5.41) is 7.15. The number of hydrogen-bond donors (Lipinski definition) is 2. The van der Waals surface area contributed by atoms with E-state index in [0.29, 0.717) is 24.7 Å². The molecule has 0 radical (unpaired) electrons. The molecule has 4 rings (SSSR count). The number of rotatable bonds is 4. The van der Waals surface area contributed by atoms with Crippen molar-refractivity contribution in [3.8, 4) is 5.82 Å². The van der Waals surface area contributed by atoms with Gasteiger partial charge in [0.25, 0.3) is 0 Å². The Balaban J connectivity index is 1.43. The van der Waals surface area contributed by atoms with Gasteiger partial charge >= 0.3 is 0 Å². The van der Waals surface area contributed by atoms with Crippen LogP contribution in [0.5, 0.6) is 0 Å².